The third-order valence-electron chi connectivity index (χ3n) is 2.78. The molecule has 0 spiro atoms. The van der Waals surface area contributed by atoms with Crippen LogP contribution in [0.4, 0.5) is 0 Å². The van der Waals surface area contributed by atoms with E-state index in [1.807, 2.05) is 6.92 Å². The van der Waals surface area contributed by atoms with E-state index < -0.39 is 5.54 Å². The first-order valence-corrected chi connectivity index (χ1v) is 5.23. The van der Waals surface area contributed by atoms with Crippen molar-refractivity contribution in [1.29, 1.82) is 0 Å². The highest BCUT2D eigenvalue weighted by molar-refractivity contribution is 5.80. The summed E-state index contributed by atoms with van der Waals surface area (Å²) in [6, 6.07) is 0. The van der Waals surface area contributed by atoms with Crippen LogP contribution >= 0.6 is 0 Å². The Morgan fingerprint density at radius 3 is 2.86 bits per heavy atom. The molecule has 1 aliphatic rings. The van der Waals surface area contributed by atoms with Crippen LogP contribution in [0.1, 0.15) is 26.2 Å². The number of nitrogens with two attached hydrogens (primary N) is 1. The Balaban J connectivity index is 2.58. The zero-order valence-electron chi connectivity index (χ0n) is 9.08. The van der Waals surface area contributed by atoms with E-state index in [-0.39, 0.29) is 5.97 Å². The third kappa shape index (κ3) is 2.69. The molecule has 0 amide bonds. The van der Waals surface area contributed by atoms with E-state index in [0.717, 1.165) is 25.9 Å². The summed E-state index contributed by atoms with van der Waals surface area (Å²) in [7, 11) is 2.05. The van der Waals surface area contributed by atoms with Crippen LogP contribution < -0.4 is 5.73 Å². The van der Waals surface area contributed by atoms with E-state index in [9.17, 15) is 4.79 Å². The molecule has 1 unspecified atom stereocenters. The van der Waals surface area contributed by atoms with Gasteiger partial charge in [-0.1, -0.05) is 0 Å². The van der Waals surface area contributed by atoms with Crippen molar-refractivity contribution in [2.24, 2.45) is 5.73 Å². The lowest BCUT2D eigenvalue weighted by Gasteiger charge is -2.25. The van der Waals surface area contributed by atoms with Gasteiger partial charge < -0.3 is 15.4 Å². The number of nitrogens with zero attached hydrogens (tertiary/aromatic N) is 1. The fourth-order valence-electron chi connectivity index (χ4n) is 1.77. The molecule has 2 N–H and O–H groups in total. The summed E-state index contributed by atoms with van der Waals surface area (Å²) in [6.07, 6.45) is 2.39. The summed E-state index contributed by atoms with van der Waals surface area (Å²) in [4.78, 5) is 13.8. The van der Waals surface area contributed by atoms with Crippen molar-refractivity contribution < 1.29 is 9.53 Å². The van der Waals surface area contributed by atoms with Gasteiger partial charge in [-0.2, -0.15) is 0 Å². The second-order valence-electron chi connectivity index (χ2n) is 4.03. The first-order chi connectivity index (χ1) is 6.58. The molecule has 82 valence electrons. The number of esters is 1. The lowest BCUT2D eigenvalue weighted by atomic mass is 9.92. The quantitative estimate of drug-likeness (QED) is 0.654. The highest BCUT2D eigenvalue weighted by atomic mass is 16.5. The fraction of sp³-hybridized carbons (Fsp3) is 0.900. The molecular formula is C10H20N2O2. The first-order valence-electron chi connectivity index (χ1n) is 5.23. The lowest BCUT2D eigenvalue weighted by molar-refractivity contribution is -0.150. The Hall–Kier alpha value is -0.610. The standard InChI is InChI=1S/C10H20N2O2/c1-3-14-9(13)10(11)5-4-7-12(2)8-6-10/h3-8,11H2,1-2H3. The molecule has 1 saturated heterocycles. The fourth-order valence-corrected chi connectivity index (χ4v) is 1.77. The van der Waals surface area contributed by atoms with Gasteiger partial charge in [0.05, 0.1) is 6.61 Å². The van der Waals surface area contributed by atoms with E-state index in [0.29, 0.717) is 13.0 Å². The normalized spacial score (nSPS) is 29.6. The Kier molecular flexibility index (Phi) is 3.89. The molecule has 0 radical (unpaired) electrons. The average molecular weight is 200 g/mol. The topological polar surface area (TPSA) is 55.6 Å². The predicted octanol–water partition coefficient (Wildman–Crippen LogP) is 0.363. The number of likely N-dealkylation sites (tertiary alicyclic amines) is 1. The van der Waals surface area contributed by atoms with Crippen LogP contribution in [0.25, 0.3) is 0 Å². The summed E-state index contributed by atoms with van der Waals surface area (Å²) in [5.74, 6) is -0.240. The Labute approximate surface area is 85.4 Å². The molecule has 0 bridgehead atoms. The maximum Gasteiger partial charge on any atom is 0.326 e. The molecule has 4 heteroatoms. The van der Waals surface area contributed by atoms with E-state index in [2.05, 4.69) is 11.9 Å². The van der Waals surface area contributed by atoms with Gasteiger partial charge in [-0.3, -0.25) is 4.79 Å². The average Bonchev–Trinajstić information content (AvgIpc) is 2.30. The van der Waals surface area contributed by atoms with Crippen LogP contribution in [0.15, 0.2) is 0 Å². The Morgan fingerprint density at radius 1 is 1.50 bits per heavy atom. The van der Waals surface area contributed by atoms with Crippen molar-refractivity contribution >= 4 is 5.97 Å². The molecule has 0 aromatic rings. The van der Waals surface area contributed by atoms with E-state index in [1.165, 1.54) is 0 Å². The minimum Gasteiger partial charge on any atom is -0.465 e. The number of hydrogen-bond donors (Lipinski definition) is 1. The lowest BCUT2D eigenvalue weighted by Crippen LogP contribution is -2.49. The maximum atomic E-state index is 11.6. The minimum atomic E-state index is -0.749. The minimum absolute atomic E-state index is 0.240. The molecule has 4 nitrogen and oxygen atoms in total. The van der Waals surface area contributed by atoms with Gasteiger partial charge in [0.15, 0.2) is 0 Å². The summed E-state index contributed by atoms with van der Waals surface area (Å²) in [5.41, 5.74) is 5.30. The highest BCUT2D eigenvalue weighted by Crippen LogP contribution is 2.20. The molecule has 1 aliphatic heterocycles. The van der Waals surface area contributed by atoms with E-state index in [1.54, 1.807) is 0 Å². The molecule has 0 aromatic heterocycles. The van der Waals surface area contributed by atoms with Crippen molar-refractivity contribution in [2.75, 3.05) is 26.7 Å². The molecular weight excluding hydrogens is 180 g/mol. The smallest absolute Gasteiger partial charge is 0.326 e. The monoisotopic (exact) mass is 200 g/mol. The number of carbonyl (C=O) groups excluding carboxylic acids is 1. The molecule has 14 heavy (non-hydrogen) atoms. The molecule has 1 fully saturated rings. The number of carbonyl (C=O) groups is 1. The van der Waals surface area contributed by atoms with Crippen LogP contribution in [-0.4, -0.2) is 43.2 Å². The summed E-state index contributed by atoms with van der Waals surface area (Å²) < 4.78 is 4.99. The van der Waals surface area contributed by atoms with Gasteiger partial charge in [-0.25, -0.2) is 0 Å². The second-order valence-corrected chi connectivity index (χ2v) is 4.03. The molecule has 1 atom stereocenters. The largest absolute Gasteiger partial charge is 0.465 e. The van der Waals surface area contributed by atoms with Crippen LogP contribution in [0.3, 0.4) is 0 Å². The van der Waals surface area contributed by atoms with Gasteiger partial charge in [-0.05, 0) is 39.8 Å². The van der Waals surface area contributed by atoms with Gasteiger partial charge in [-0.15, -0.1) is 0 Å². The van der Waals surface area contributed by atoms with E-state index in [4.69, 9.17) is 10.5 Å². The highest BCUT2D eigenvalue weighted by Gasteiger charge is 2.36. The second kappa shape index (κ2) is 4.75. The third-order valence-corrected chi connectivity index (χ3v) is 2.78. The predicted molar refractivity (Wildman–Crippen MR) is 54.9 cm³/mol. The molecule has 1 heterocycles. The molecule has 1 rings (SSSR count). The van der Waals surface area contributed by atoms with E-state index >= 15 is 0 Å². The Morgan fingerprint density at radius 2 is 2.21 bits per heavy atom. The number of hydrogen-bond acceptors (Lipinski definition) is 4. The van der Waals surface area contributed by atoms with Crippen LogP contribution in [0.5, 0.6) is 0 Å². The molecule has 0 aliphatic carbocycles. The first kappa shape index (κ1) is 11.5. The summed E-state index contributed by atoms with van der Waals surface area (Å²) in [5, 5.41) is 0. The van der Waals surface area contributed by atoms with Crippen molar-refractivity contribution in [2.45, 2.75) is 31.7 Å². The number of rotatable bonds is 2. The zero-order valence-corrected chi connectivity index (χ0v) is 9.08. The molecule has 0 aromatic carbocycles. The Bertz CT molecular complexity index is 208. The van der Waals surface area contributed by atoms with Gasteiger partial charge in [0, 0.05) is 6.54 Å². The molecule has 0 saturated carbocycles. The van der Waals surface area contributed by atoms with Crippen LogP contribution in [0, 0.1) is 0 Å². The zero-order chi connectivity index (χ0) is 10.6. The van der Waals surface area contributed by atoms with Gasteiger partial charge in [0.2, 0.25) is 0 Å². The van der Waals surface area contributed by atoms with Crippen molar-refractivity contribution in [1.82, 2.24) is 4.90 Å². The SMILES string of the molecule is CCOC(=O)C1(N)CCCN(C)CC1. The van der Waals surface area contributed by atoms with Gasteiger partial charge in [0.25, 0.3) is 0 Å². The van der Waals surface area contributed by atoms with Crippen molar-refractivity contribution in [3.63, 3.8) is 0 Å². The van der Waals surface area contributed by atoms with Crippen molar-refractivity contribution in [3.05, 3.63) is 0 Å². The number of ether oxygens (including phenoxy) is 1. The maximum absolute atomic E-state index is 11.6. The van der Waals surface area contributed by atoms with Crippen LogP contribution in [-0.2, 0) is 9.53 Å². The van der Waals surface area contributed by atoms with Crippen molar-refractivity contribution in [3.8, 4) is 0 Å². The van der Waals surface area contributed by atoms with Crippen LogP contribution in [0.2, 0.25) is 0 Å². The van der Waals surface area contributed by atoms with Gasteiger partial charge >= 0.3 is 5.97 Å². The van der Waals surface area contributed by atoms with Gasteiger partial charge in [0.1, 0.15) is 5.54 Å². The summed E-state index contributed by atoms with van der Waals surface area (Å²) >= 11 is 0. The summed E-state index contributed by atoms with van der Waals surface area (Å²) in [6.45, 7) is 4.10.